The first-order valence-electron chi connectivity index (χ1n) is 8.33. The lowest BCUT2D eigenvalue weighted by Crippen LogP contribution is -2.38. The molecule has 25 heavy (non-hydrogen) atoms. The van der Waals surface area contributed by atoms with Crippen molar-refractivity contribution >= 4 is 52.9 Å². The average Bonchev–Trinajstić information content (AvgIpc) is 3.06. The summed E-state index contributed by atoms with van der Waals surface area (Å²) in [5.74, 6) is 0.846. The molecule has 7 heteroatoms. The molecule has 1 aromatic carbocycles. The van der Waals surface area contributed by atoms with Crippen molar-refractivity contribution in [1.29, 1.82) is 0 Å². The molecule has 138 valence electrons. The molecule has 2 aromatic rings. The van der Waals surface area contributed by atoms with Crippen LogP contribution in [-0.4, -0.2) is 31.1 Å². The molecule has 4 nitrogen and oxygen atoms in total. The number of hydrogen-bond donors (Lipinski definition) is 2. The zero-order valence-corrected chi connectivity index (χ0v) is 18.6. The molecule has 0 aliphatic heterocycles. The van der Waals surface area contributed by atoms with E-state index >= 15 is 0 Å². The van der Waals surface area contributed by atoms with Gasteiger partial charge in [0.2, 0.25) is 0 Å². The summed E-state index contributed by atoms with van der Waals surface area (Å²) in [6.07, 6.45) is 6.04. The highest BCUT2D eigenvalue weighted by atomic mass is 127. The van der Waals surface area contributed by atoms with Gasteiger partial charge in [-0.2, -0.15) is 0 Å². The molecule has 0 radical (unpaired) electrons. The van der Waals surface area contributed by atoms with Gasteiger partial charge in [-0.25, -0.2) is 4.98 Å². The zero-order valence-electron chi connectivity index (χ0n) is 14.7. The third-order valence-corrected chi connectivity index (χ3v) is 5.11. The van der Waals surface area contributed by atoms with E-state index in [2.05, 4.69) is 39.7 Å². The summed E-state index contributed by atoms with van der Waals surface area (Å²) in [6, 6.07) is 8.03. The van der Waals surface area contributed by atoms with Crippen molar-refractivity contribution in [3.8, 4) is 0 Å². The first-order chi connectivity index (χ1) is 11.7. The van der Waals surface area contributed by atoms with Crippen LogP contribution in [0.5, 0.6) is 0 Å². The number of aryl methyl sites for hydroxylation is 2. The number of guanidine groups is 1. The number of hydrogen-bond acceptors (Lipinski definition) is 3. The van der Waals surface area contributed by atoms with Gasteiger partial charge in [0.05, 0.1) is 5.01 Å². The molecule has 2 rings (SSSR count). The first kappa shape index (κ1) is 22.2. The van der Waals surface area contributed by atoms with E-state index in [9.17, 15) is 0 Å². The Morgan fingerprint density at radius 2 is 1.88 bits per heavy atom. The minimum absolute atomic E-state index is 0. The number of rotatable bonds is 8. The molecule has 2 N–H and O–H groups in total. The second-order valence-corrected chi connectivity index (χ2v) is 7.12. The molecule has 0 aliphatic carbocycles. The van der Waals surface area contributed by atoms with E-state index in [1.54, 1.807) is 18.4 Å². The summed E-state index contributed by atoms with van der Waals surface area (Å²) in [7, 11) is 1.80. The van der Waals surface area contributed by atoms with Gasteiger partial charge in [-0.15, -0.1) is 35.3 Å². The van der Waals surface area contributed by atoms with E-state index in [-0.39, 0.29) is 24.0 Å². The zero-order chi connectivity index (χ0) is 17.2. The number of nitrogens with one attached hydrogen (secondary N) is 2. The fourth-order valence-electron chi connectivity index (χ4n) is 2.29. The number of benzene rings is 1. The molecule has 0 aliphatic rings. The van der Waals surface area contributed by atoms with Gasteiger partial charge in [-0.05, 0) is 37.0 Å². The van der Waals surface area contributed by atoms with Crippen LogP contribution in [0.2, 0.25) is 5.02 Å². The average molecular weight is 493 g/mol. The van der Waals surface area contributed by atoms with Gasteiger partial charge >= 0.3 is 0 Å². The fourth-order valence-corrected chi connectivity index (χ4v) is 3.27. The molecule has 0 amide bonds. The third kappa shape index (κ3) is 8.37. The molecule has 0 fully saturated rings. The molecule has 1 aromatic heterocycles. The van der Waals surface area contributed by atoms with Gasteiger partial charge < -0.3 is 10.6 Å². The summed E-state index contributed by atoms with van der Waals surface area (Å²) >= 11 is 7.69. The minimum atomic E-state index is 0. The van der Waals surface area contributed by atoms with Gasteiger partial charge in [-0.1, -0.05) is 30.7 Å². The molecule has 1 heterocycles. The van der Waals surface area contributed by atoms with Crippen LogP contribution in [-0.2, 0) is 19.3 Å². The second-order valence-electron chi connectivity index (χ2n) is 5.48. The van der Waals surface area contributed by atoms with E-state index in [0.29, 0.717) is 0 Å². The van der Waals surface area contributed by atoms with E-state index in [0.717, 1.165) is 49.8 Å². The fraction of sp³-hybridized carbons (Fsp3) is 0.444. The molecule has 0 bridgehead atoms. The molecular formula is C18H26ClIN4S. The molecule has 0 atom stereocenters. The van der Waals surface area contributed by atoms with Crippen molar-refractivity contribution in [2.45, 2.75) is 32.6 Å². The minimum Gasteiger partial charge on any atom is -0.356 e. The van der Waals surface area contributed by atoms with Crippen LogP contribution in [0.25, 0.3) is 0 Å². The highest BCUT2D eigenvalue weighted by Gasteiger charge is 2.02. The summed E-state index contributed by atoms with van der Waals surface area (Å²) < 4.78 is 0. The lowest BCUT2D eigenvalue weighted by molar-refractivity contribution is 0.738. The van der Waals surface area contributed by atoms with Gasteiger partial charge in [-0.3, -0.25) is 4.99 Å². The van der Waals surface area contributed by atoms with Crippen LogP contribution >= 0.6 is 46.9 Å². The normalized spacial score (nSPS) is 11.1. The number of halogens is 2. The quantitative estimate of drug-likeness (QED) is 0.250. The first-order valence-corrected chi connectivity index (χ1v) is 9.53. The highest BCUT2D eigenvalue weighted by molar-refractivity contribution is 14.0. The maximum absolute atomic E-state index is 5.90. The summed E-state index contributed by atoms with van der Waals surface area (Å²) in [4.78, 5) is 10.0. The van der Waals surface area contributed by atoms with Gasteiger partial charge in [0.15, 0.2) is 5.96 Å². The Morgan fingerprint density at radius 1 is 1.16 bits per heavy atom. The van der Waals surface area contributed by atoms with Gasteiger partial charge in [0, 0.05) is 42.7 Å². The van der Waals surface area contributed by atoms with Crippen LogP contribution in [0.1, 0.15) is 28.8 Å². The highest BCUT2D eigenvalue weighted by Crippen LogP contribution is 2.13. The molecule has 0 unspecified atom stereocenters. The van der Waals surface area contributed by atoms with Crippen LogP contribution in [0, 0.1) is 0 Å². The maximum Gasteiger partial charge on any atom is 0.190 e. The van der Waals surface area contributed by atoms with E-state index < -0.39 is 0 Å². The Bertz CT molecular complexity index is 643. The monoisotopic (exact) mass is 492 g/mol. The Morgan fingerprint density at radius 3 is 2.52 bits per heavy atom. The molecule has 0 spiro atoms. The smallest absolute Gasteiger partial charge is 0.190 e. The predicted molar refractivity (Wildman–Crippen MR) is 120 cm³/mol. The Labute approximate surface area is 176 Å². The molecular weight excluding hydrogens is 467 g/mol. The topological polar surface area (TPSA) is 49.3 Å². The van der Waals surface area contributed by atoms with Crippen LogP contribution in [0.3, 0.4) is 0 Å². The Hall–Kier alpha value is -0.860. The SMILES string of the molecule is CCc1cnc(CCNC(=NC)NCCCc2ccc(Cl)cc2)s1.I. The van der Waals surface area contributed by atoms with Crippen molar-refractivity contribution in [3.05, 3.63) is 50.9 Å². The lowest BCUT2D eigenvalue weighted by atomic mass is 10.1. The van der Waals surface area contributed by atoms with Crippen molar-refractivity contribution in [2.24, 2.45) is 4.99 Å². The van der Waals surface area contributed by atoms with Gasteiger partial charge in [0.1, 0.15) is 0 Å². The largest absolute Gasteiger partial charge is 0.356 e. The maximum atomic E-state index is 5.90. The van der Waals surface area contributed by atoms with Crippen LogP contribution in [0.15, 0.2) is 35.5 Å². The second kappa shape index (κ2) is 12.5. The predicted octanol–water partition coefficient (Wildman–Crippen LogP) is 4.32. The lowest BCUT2D eigenvalue weighted by Gasteiger charge is -2.11. The molecule has 0 saturated carbocycles. The van der Waals surface area contributed by atoms with Crippen molar-refractivity contribution in [3.63, 3.8) is 0 Å². The van der Waals surface area contributed by atoms with E-state index in [4.69, 9.17) is 11.6 Å². The number of aliphatic imine (C=N–C) groups is 1. The standard InChI is InChI=1S/C18H25ClN4S.HI/c1-3-16-13-23-17(24-16)10-12-22-18(20-2)21-11-4-5-14-6-8-15(19)9-7-14;/h6-9,13H,3-5,10-12H2,1-2H3,(H2,20,21,22);1H. The third-order valence-electron chi connectivity index (χ3n) is 3.65. The van der Waals surface area contributed by atoms with E-state index in [1.807, 2.05) is 18.3 Å². The van der Waals surface area contributed by atoms with Crippen molar-refractivity contribution in [2.75, 3.05) is 20.1 Å². The van der Waals surface area contributed by atoms with Crippen LogP contribution < -0.4 is 10.6 Å². The van der Waals surface area contributed by atoms with Crippen molar-refractivity contribution < 1.29 is 0 Å². The number of thiazole rings is 1. The summed E-state index contributed by atoms with van der Waals surface area (Å²) in [5, 5.41) is 8.65. The van der Waals surface area contributed by atoms with Gasteiger partial charge in [0.25, 0.3) is 0 Å². The number of aromatic nitrogens is 1. The summed E-state index contributed by atoms with van der Waals surface area (Å²) in [6.45, 7) is 3.89. The Balaban J connectivity index is 0.00000312. The van der Waals surface area contributed by atoms with Crippen molar-refractivity contribution in [1.82, 2.24) is 15.6 Å². The molecule has 0 saturated heterocycles. The van der Waals surface area contributed by atoms with E-state index in [1.165, 1.54) is 15.4 Å². The Kier molecular flexibility index (Phi) is 11.1. The summed E-state index contributed by atoms with van der Waals surface area (Å²) in [5.41, 5.74) is 1.31. The number of nitrogens with zero attached hydrogens (tertiary/aromatic N) is 2. The van der Waals surface area contributed by atoms with Crippen LogP contribution in [0.4, 0.5) is 0 Å².